The molecule has 3 rings (SSSR count). The number of nitrogens with zero attached hydrogens (tertiary/aromatic N) is 3. The van der Waals surface area contributed by atoms with E-state index in [1.54, 1.807) is 0 Å². The molecule has 1 saturated carbocycles. The highest BCUT2D eigenvalue weighted by Gasteiger charge is 2.33. The molecule has 0 spiro atoms. The maximum atomic E-state index is 4.30. The Kier molecular flexibility index (Phi) is 3.16. The molecule has 17 heavy (non-hydrogen) atoms. The molecule has 94 valence electrons. The van der Waals surface area contributed by atoms with Crippen molar-refractivity contribution in [2.75, 3.05) is 19.6 Å². The molecule has 1 unspecified atom stereocenters. The van der Waals surface area contributed by atoms with Crippen molar-refractivity contribution in [1.82, 2.24) is 20.0 Å². The summed E-state index contributed by atoms with van der Waals surface area (Å²) in [4.78, 5) is 2.65. The summed E-state index contributed by atoms with van der Waals surface area (Å²) in [6.07, 6.45) is 8.20. The van der Waals surface area contributed by atoms with Gasteiger partial charge >= 0.3 is 0 Å². The lowest BCUT2D eigenvalue weighted by molar-refractivity contribution is 0.316. The third-order valence-corrected chi connectivity index (χ3v) is 3.82. The van der Waals surface area contributed by atoms with E-state index in [9.17, 15) is 0 Å². The number of aromatic nitrogens is 2. The minimum absolute atomic E-state index is 0.701. The molecular weight excluding hydrogens is 212 g/mol. The highest BCUT2D eigenvalue weighted by Crippen LogP contribution is 2.29. The van der Waals surface area contributed by atoms with Crippen LogP contribution in [0, 0.1) is 6.92 Å². The molecule has 0 aromatic carbocycles. The third-order valence-electron chi connectivity index (χ3n) is 3.82. The standard InChI is InChI=1S/C13H22N4/c1-11-8-15-17(9-11)7-5-14-12-4-6-16(10-12)13-2-3-13/h8-9,12-14H,2-7,10H2,1H3. The molecule has 2 heterocycles. The fourth-order valence-electron chi connectivity index (χ4n) is 2.70. The first-order valence-corrected chi connectivity index (χ1v) is 6.78. The minimum Gasteiger partial charge on any atom is -0.311 e. The van der Waals surface area contributed by atoms with Crippen LogP contribution in [-0.2, 0) is 6.54 Å². The van der Waals surface area contributed by atoms with Crippen LogP contribution in [0.1, 0.15) is 24.8 Å². The molecule has 1 atom stereocenters. The molecule has 2 aliphatic rings. The lowest BCUT2D eigenvalue weighted by Crippen LogP contribution is -2.35. The van der Waals surface area contributed by atoms with Gasteiger partial charge in [0.25, 0.3) is 0 Å². The van der Waals surface area contributed by atoms with Crippen molar-refractivity contribution in [2.24, 2.45) is 0 Å². The second-order valence-electron chi connectivity index (χ2n) is 5.45. The molecule has 1 aromatic heterocycles. The number of rotatable bonds is 5. The van der Waals surface area contributed by atoms with E-state index in [1.165, 1.54) is 37.9 Å². The van der Waals surface area contributed by atoms with Crippen LogP contribution >= 0.6 is 0 Å². The van der Waals surface area contributed by atoms with Crippen LogP contribution in [0.15, 0.2) is 12.4 Å². The minimum atomic E-state index is 0.701. The maximum absolute atomic E-state index is 4.30. The highest BCUT2D eigenvalue weighted by atomic mass is 15.3. The van der Waals surface area contributed by atoms with Crippen molar-refractivity contribution in [3.05, 3.63) is 18.0 Å². The first kappa shape index (κ1) is 11.2. The lowest BCUT2D eigenvalue weighted by atomic mass is 10.2. The molecule has 1 N–H and O–H groups in total. The van der Waals surface area contributed by atoms with Crippen LogP contribution in [0.4, 0.5) is 0 Å². The Hall–Kier alpha value is -0.870. The van der Waals surface area contributed by atoms with Crippen LogP contribution in [0.2, 0.25) is 0 Å². The van der Waals surface area contributed by atoms with Crippen molar-refractivity contribution >= 4 is 0 Å². The van der Waals surface area contributed by atoms with Crippen LogP contribution in [0.5, 0.6) is 0 Å². The molecule has 1 aromatic rings. The van der Waals surface area contributed by atoms with E-state index in [0.717, 1.165) is 19.1 Å². The predicted octanol–water partition coefficient (Wildman–Crippen LogP) is 1.02. The smallest absolute Gasteiger partial charge is 0.0534 e. The Balaban J connectivity index is 1.37. The largest absolute Gasteiger partial charge is 0.311 e. The molecule has 1 saturated heterocycles. The van der Waals surface area contributed by atoms with Gasteiger partial charge in [-0.3, -0.25) is 9.58 Å². The van der Waals surface area contributed by atoms with Gasteiger partial charge in [-0.15, -0.1) is 0 Å². The Morgan fingerprint density at radius 1 is 1.41 bits per heavy atom. The van der Waals surface area contributed by atoms with Gasteiger partial charge in [-0.1, -0.05) is 0 Å². The van der Waals surface area contributed by atoms with E-state index >= 15 is 0 Å². The summed E-state index contributed by atoms with van der Waals surface area (Å²) in [5.41, 5.74) is 1.24. The van der Waals surface area contributed by atoms with Crippen molar-refractivity contribution in [3.63, 3.8) is 0 Å². The third kappa shape index (κ3) is 2.87. The average Bonchev–Trinajstić information content (AvgIpc) is 2.93. The first-order valence-electron chi connectivity index (χ1n) is 6.78. The van der Waals surface area contributed by atoms with Crippen LogP contribution in [0.25, 0.3) is 0 Å². The van der Waals surface area contributed by atoms with Gasteiger partial charge in [0, 0.05) is 37.9 Å². The Morgan fingerprint density at radius 3 is 3.00 bits per heavy atom. The van der Waals surface area contributed by atoms with Crippen LogP contribution in [-0.4, -0.2) is 46.4 Å². The summed E-state index contributed by atoms with van der Waals surface area (Å²) >= 11 is 0. The van der Waals surface area contributed by atoms with Crippen LogP contribution < -0.4 is 5.32 Å². The highest BCUT2D eigenvalue weighted by molar-refractivity contribution is 4.99. The molecule has 1 aliphatic carbocycles. The monoisotopic (exact) mass is 234 g/mol. The van der Waals surface area contributed by atoms with Gasteiger partial charge < -0.3 is 5.32 Å². The molecule has 0 amide bonds. The van der Waals surface area contributed by atoms with Gasteiger partial charge in [-0.2, -0.15) is 5.10 Å². The molecule has 0 radical (unpaired) electrons. The molecule has 1 aliphatic heterocycles. The van der Waals surface area contributed by atoms with Crippen LogP contribution in [0.3, 0.4) is 0 Å². The van der Waals surface area contributed by atoms with E-state index in [4.69, 9.17) is 0 Å². The zero-order valence-electron chi connectivity index (χ0n) is 10.6. The fraction of sp³-hybridized carbons (Fsp3) is 0.769. The van der Waals surface area contributed by atoms with Gasteiger partial charge in [0.1, 0.15) is 0 Å². The second kappa shape index (κ2) is 4.78. The fourth-order valence-corrected chi connectivity index (χ4v) is 2.70. The summed E-state index contributed by atoms with van der Waals surface area (Å²) < 4.78 is 2.02. The van der Waals surface area contributed by atoms with E-state index in [1.807, 2.05) is 10.9 Å². The van der Waals surface area contributed by atoms with Gasteiger partial charge in [-0.05, 0) is 31.7 Å². The van der Waals surface area contributed by atoms with Crippen molar-refractivity contribution < 1.29 is 0 Å². The van der Waals surface area contributed by atoms with Gasteiger partial charge in [0.15, 0.2) is 0 Å². The molecule has 4 nitrogen and oxygen atoms in total. The first-order chi connectivity index (χ1) is 8.31. The quantitative estimate of drug-likeness (QED) is 0.825. The number of likely N-dealkylation sites (tertiary alicyclic amines) is 1. The summed E-state index contributed by atoms with van der Waals surface area (Å²) in [7, 11) is 0. The van der Waals surface area contributed by atoms with Gasteiger partial charge in [0.05, 0.1) is 12.7 Å². The van der Waals surface area contributed by atoms with E-state index in [-0.39, 0.29) is 0 Å². The molecule has 4 heteroatoms. The summed E-state index contributed by atoms with van der Waals surface area (Å²) in [5, 5.41) is 7.95. The van der Waals surface area contributed by atoms with E-state index < -0.39 is 0 Å². The number of aryl methyl sites for hydroxylation is 1. The number of hydrogen-bond donors (Lipinski definition) is 1. The SMILES string of the molecule is Cc1cnn(CCNC2CCN(C3CC3)C2)c1. The second-order valence-corrected chi connectivity index (χ2v) is 5.45. The van der Waals surface area contributed by atoms with Crippen molar-refractivity contribution in [3.8, 4) is 0 Å². The van der Waals surface area contributed by atoms with Crippen molar-refractivity contribution in [1.29, 1.82) is 0 Å². The lowest BCUT2D eigenvalue weighted by Gasteiger charge is -2.15. The van der Waals surface area contributed by atoms with E-state index in [0.29, 0.717) is 6.04 Å². The normalized spacial score (nSPS) is 25.6. The topological polar surface area (TPSA) is 33.1 Å². The summed E-state index contributed by atoms with van der Waals surface area (Å²) in [6, 6.07) is 1.63. The summed E-state index contributed by atoms with van der Waals surface area (Å²) in [5.74, 6) is 0. The number of nitrogens with one attached hydrogen (secondary N) is 1. The zero-order valence-corrected chi connectivity index (χ0v) is 10.6. The predicted molar refractivity (Wildman–Crippen MR) is 68.0 cm³/mol. The Bertz CT molecular complexity index is 369. The average molecular weight is 234 g/mol. The molecule has 2 fully saturated rings. The van der Waals surface area contributed by atoms with Gasteiger partial charge in [0.2, 0.25) is 0 Å². The van der Waals surface area contributed by atoms with E-state index in [2.05, 4.69) is 28.4 Å². The summed E-state index contributed by atoms with van der Waals surface area (Å²) in [6.45, 7) is 6.64. The van der Waals surface area contributed by atoms with Crippen molar-refractivity contribution in [2.45, 2.75) is 44.8 Å². The zero-order chi connectivity index (χ0) is 11.7. The Labute approximate surface area is 103 Å². The Morgan fingerprint density at radius 2 is 2.29 bits per heavy atom. The molecule has 0 bridgehead atoms. The van der Waals surface area contributed by atoms with Gasteiger partial charge in [-0.25, -0.2) is 0 Å². The number of hydrogen-bond acceptors (Lipinski definition) is 3. The molecular formula is C13H22N4. The maximum Gasteiger partial charge on any atom is 0.0534 e.